The Balaban J connectivity index is 1.71. The number of alkyl halides is 2. The first-order valence-electron chi connectivity index (χ1n) is 7.87. The molecule has 2 aromatic rings. The molecule has 2 amide bonds. The lowest BCUT2D eigenvalue weighted by Gasteiger charge is -2.17. The van der Waals surface area contributed by atoms with Gasteiger partial charge in [0, 0.05) is 17.3 Å². The van der Waals surface area contributed by atoms with Crippen molar-refractivity contribution in [3.05, 3.63) is 53.6 Å². The third kappa shape index (κ3) is 3.94. The van der Waals surface area contributed by atoms with E-state index < -0.39 is 18.4 Å². The van der Waals surface area contributed by atoms with Crippen LogP contribution in [0.2, 0.25) is 5.02 Å². The average molecular weight is 381 g/mol. The van der Waals surface area contributed by atoms with Gasteiger partial charge in [-0.15, -0.1) is 0 Å². The molecule has 0 aromatic heterocycles. The van der Waals surface area contributed by atoms with Crippen LogP contribution in [-0.4, -0.2) is 25.0 Å². The Morgan fingerprint density at radius 2 is 1.88 bits per heavy atom. The molecule has 136 valence electrons. The molecule has 26 heavy (non-hydrogen) atoms. The normalized spacial score (nSPS) is 16.8. The highest BCUT2D eigenvalue weighted by atomic mass is 35.5. The SMILES string of the molecule is O=C(Nc1ccccc1OC(F)F)C1CCN(c2ccc(Cl)cc2)C1=O. The van der Waals surface area contributed by atoms with Crippen molar-refractivity contribution >= 4 is 34.8 Å². The first-order valence-corrected chi connectivity index (χ1v) is 8.25. The molecule has 1 atom stereocenters. The minimum atomic E-state index is -3.01. The van der Waals surface area contributed by atoms with Gasteiger partial charge in [0.2, 0.25) is 11.8 Å². The highest BCUT2D eigenvalue weighted by Gasteiger charge is 2.37. The fourth-order valence-electron chi connectivity index (χ4n) is 2.79. The molecule has 5 nitrogen and oxygen atoms in total. The van der Waals surface area contributed by atoms with Gasteiger partial charge in [-0.05, 0) is 42.8 Å². The summed E-state index contributed by atoms with van der Waals surface area (Å²) in [5.74, 6) is -1.96. The Kier molecular flexibility index (Phi) is 5.37. The second-order valence-corrected chi connectivity index (χ2v) is 6.11. The standard InChI is InChI=1S/C18H15ClF2N2O3/c19-11-5-7-12(8-6-11)23-10-9-13(17(23)25)16(24)22-14-3-1-2-4-15(14)26-18(20)21/h1-8,13,18H,9-10H2,(H,22,24). The molecule has 1 N–H and O–H groups in total. The zero-order valence-electron chi connectivity index (χ0n) is 13.5. The van der Waals surface area contributed by atoms with Gasteiger partial charge in [0.05, 0.1) is 5.69 Å². The van der Waals surface area contributed by atoms with E-state index in [0.29, 0.717) is 23.7 Å². The molecule has 0 radical (unpaired) electrons. The predicted molar refractivity (Wildman–Crippen MR) is 93.6 cm³/mol. The molecule has 1 aliphatic rings. The van der Waals surface area contributed by atoms with Crippen molar-refractivity contribution in [1.82, 2.24) is 0 Å². The number of rotatable bonds is 5. The Morgan fingerprint density at radius 1 is 1.19 bits per heavy atom. The molecule has 1 aliphatic heterocycles. The average Bonchev–Trinajstić information content (AvgIpc) is 2.98. The number of halogens is 3. The quantitative estimate of drug-likeness (QED) is 0.799. The third-order valence-electron chi connectivity index (χ3n) is 4.02. The van der Waals surface area contributed by atoms with Gasteiger partial charge in [0.25, 0.3) is 0 Å². The number of nitrogens with zero attached hydrogens (tertiary/aromatic N) is 1. The van der Waals surface area contributed by atoms with E-state index in [1.54, 1.807) is 30.3 Å². The van der Waals surface area contributed by atoms with Gasteiger partial charge < -0.3 is 15.0 Å². The number of ether oxygens (including phenoxy) is 1. The summed E-state index contributed by atoms with van der Waals surface area (Å²) in [5.41, 5.74) is 0.742. The van der Waals surface area contributed by atoms with Crippen LogP contribution in [0.15, 0.2) is 48.5 Å². The van der Waals surface area contributed by atoms with Crippen molar-refractivity contribution in [3.8, 4) is 5.75 Å². The molecule has 0 spiro atoms. The molecule has 0 bridgehead atoms. The minimum Gasteiger partial charge on any atom is -0.433 e. The van der Waals surface area contributed by atoms with Crippen LogP contribution >= 0.6 is 11.6 Å². The Hall–Kier alpha value is -2.67. The second kappa shape index (κ2) is 7.70. The van der Waals surface area contributed by atoms with E-state index in [1.807, 2.05) is 0 Å². The van der Waals surface area contributed by atoms with Crippen molar-refractivity contribution in [2.24, 2.45) is 5.92 Å². The number of hydrogen-bond acceptors (Lipinski definition) is 3. The zero-order valence-corrected chi connectivity index (χ0v) is 14.2. The van der Waals surface area contributed by atoms with Crippen LogP contribution in [0.25, 0.3) is 0 Å². The number of amides is 2. The Labute approximate surface area is 153 Å². The van der Waals surface area contributed by atoms with Gasteiger partial charge in [-0.1, -0.05) is 23.7 Å². The van der Waals surface area contributed by atoms with Crippen molar-refractivity contribution in [2.45, 2.75) is 13.0 Å². The molecular formula is C18H15ClF2N2O3. The monoisotopic (exact) mass is 380 g/mol. The summed E-state index contributed by atoms with van der Waals surface area (Å²) in [5, 5.41) is 3.05. The van der Waals surface area contributed by atoms with E-state index >= 15 is 0 Å². The van der Waals surface area contributed by atoms with Gasteiger partial charge in [0.1, 0.15) is 11.7 Å². The summed E-state index contributed by atoms with van der Waals surface area (Å²) in [6, 6.07) is 12.6. The van der Waals surface area contributed by atoms with Crippen LogP contribution in [0.1, 0.15) is 6.42 Å². The van der Waals surface area contributed by atoms with Crippen LogP contribution in [0.4, 0.5) is 20.2 Å². The molecule has 8 heteroatoms. The van der Waals surface area contributed by atoms with Crippen LogP contribution in [0.3, 0.4) is 0 Å². The summed E-state index contributed by atoms with van der Waals surface area (Å²) >= 11 is 5.84. The second-order valence-electron chi connectivity index (χ2n) is 5.67. The van der Waals surface area contributed by atoms with Crippen molar-refractivity contribution in [2.75, 3.05) is 16.8 Å². The van der Waals surface area contributed by atoms with Crippen LogP contribution in [0, 0.1) is 5.92 Å². The van der Waals surface area contributed by atoms with E-state index in [9.17, 15) is 18.4 Å². The maximum atomic E-state index is 12.6. The number of nitrogens with one attached hydrogen (secondary N) is 1. The van der Waals surface area contributed by atoms with E-state index in [0.717, 1.165) is 0 Å². The first kappa shape index (κ1) is 18.1. The fraction of sp³-hybridized carbons (Fsp3) is 0.222. The van der Waals surface area contributed by atoms with Gasteiger partial charge in [-0.25, -0.2) is 0 Å². The maximum Gasteiger partial charge on any atom is 0.387 e. The number of carbonyl (C=O) groups is 2. The summed E-state index contributed by atoms with van der Waals surface area (Å²) < 4.78 is 29.3. The number of carbonyl (C=O) groups excluding carboxylic acids is 2. The lowest BCUT2D eigenvalue weighted by molar-refractivity contribution is -0.129. The maximum absolute atomic E-state index is 12.6. The van der Waals surface area contributed by atoms with Crippen molar-refractivity contribution < 1.29 is 23.1 Å². The number of para-hydroxylation sites is 2. The summed E-state index contributed by atoms with van der Waals surface area (Å²) in [7, 11) is 0. The van der Waals surface area contributed by atoms with E-state index in [4.69, 9.17) is 11.6 Å². The molecule has 1 heterocycles. The molecule has 2 aromatic carbocycles. The van der Waals surface area contributed by atoms with Gasteiger partial charge >= 0.3 is 6.61 Å². The minimum absolute atomic E-state index is 0.0931. The molecular weight excluding hydrogens is 366 g/mol. The summed E-state index contributed by atoms with van der Waals surface area (Å²) in [4.78, 5) is 26.5. The van der Waals surface area contributed by atoms with E-state index in [2.05, 4.69) is 10.1 Å². The molecule has 1 unspecified atom stereocenters. The molecule has 3 rings (SSSR count). The predicted octanol–water partition coefficient (Wildman–Crippen LogP) is 3.93. The molecule has 1 fully saturated rings. The van der Waals surface area contributed by atoms with Gasteiger partial charge in [-0.2, -0.15) is 8.78 Å². The molecule has 0 aliphatic carbocycles. The fourth-order valence-corrected chi connectivity index (χ4v) is 2.92. The summed E-state index contributed by atoms with van der Waals surface area (Å²) in [6.45, 7) is -2.63. The smallest absolute Gasteiger partial charge is 0.387 e. The van der Waals surface area contributed by atoms with Gasteiger partial charge in [0.15, 0.2) is 0 Å². The van der Waals surface area contributed by atoms with Gasteiger partial charge in [-0.3, -0.25) is 9.59 Å². The zero-order chi connectivity index (χ0) is 18.7. The van der Waals surface area contributed by atoms with Crippen LogP contribution in [0.5, 0.6) is 5.75 Å². The Morgan fingerprint density at radius 3 is 2.58 bits per heavy atom. The van der Waals surface area contributed by atoms with Crippen LogP contribution in [-0.2, 0) is 9.59 Å². The first-order chi connectivity index (χ1) is 12.5. The lowest BCUT2D eigenvalue weighted by Crippen LogP contribution is -2.33. The lowest BCUT2D eigenvalue weighted by atomic mass is 10.1. The molecule has 0 saturated carbocycles. The topological polar surface area (TPSA) is 58.6 Å². The van der Waals surface area contributed by atoms with Crippen LogP contribution < -0.4 is 15.0 Å². The van der Waals surface area contributed by atoms with E-state index in [1.165, 1.54) is 23.1 Å². The van der Waals surface area contributed by atoms with Crippen molar-refractivity contribution in [3.63, 3.8) is 0 Å². The van der Waals surface area contributed by atoms with E-state index in [-0.39, 0.29) is 17.3 Å². The third-order valence-corrected chi connectivity index (χ3v) is 4.27. The number of benzene rings is 2. The highest BCUT2D eigenvalue weighted by Crippen LogP contribution is 2.30. The highest BCUT2D eigenvalue weighted by molar-refractivity contribution is 6.30. The Bertz CT molecular complexity index is 814. The number of anilines is 2. The number of hydrogen-bond donors (Lipinski definition) is 1. The molecule has 1 saturated heterocycles. The summed E-state index contributed by atoms with van der Waals surface area (Å²) in [6.07, 6.45) is 0.325. The largest absolute Gasteiger partial charge is 0.433 e. The van der Waals surface area contributed by atoms with Crippen molar-refractivity contribution in [1.29, 1.82) is 0 Å².